The lowest BCUT2D eigenvalue weighted by Crippen LogP contribution is -2.16. The summed E-state index contributed by atoms with van der Waals surface area (Å²) in [5, 5.41) is 11.8. The van der Waals surface area contributed by atoms with Gasteiger partial charge in [0.1, 0.15) is 6.61 Å². The first-order valence-electron chi connectivity index (χ1n) is 5.73. The van der Waals surface area contributed by atoms with E-state index in [9.17, 15) is 4.79 Å². The van der Waals surface area contributed by atoms with Crippen molar-refractivity contribution >= 4 is 11.7 Å². The Morgan fingerprint density at radius 3 is 2.72 bits per heavy atom. The normalized spacial score (nSPS) is 9.56. The summed E-state index contributed by atoms with van der Waals surface area (Å²) in [5.74, 6) is -0.351. The standard InChI is InChI=1S/C13H16N2O3/c1-2-18-13(16)10-17-8-7-15-12-5-3-11(9-14)4-6-12/h3-6,15H,2,7-8,10H2,1H3. The maximum Gasteiger partial charge on any atom is 0.332 e. The van der Waals surface area contributed by atoms with E-state index < -0.39 is 0 Å². The van der Waals surface area contributed by atoms with Gasteiger partial charge in [-0.15, -0.1) is 0 Å². The van der Waals surface area contributed by atoms with Gasteiger partial charge in [-0.1, -0.05) is 0 Å². The van der Waals surface area contributed by atoms with Crippen LogP contribution in [0, 0.1) is 11.3 Å². The van der Waals surface area contributed by atoms with Crippen molar-refractivity contribution < 1.29 is 14.3 Å². The van der Waals surface area contributed by atoms with Crippen molar-refractivity contribution in [2.45, 2.75) is 6.92 Å². The average Bonchev–Trinajstić information content (AvgIpc) is 2.39. The summed E-state index contributed by atoms with van der Waals surface area (Å²) in [5.41, 5.74) is 1.54. The van der Waals surface area contributed by atoms with Crippen LogP contribution in [-0.2, 0) is 14.3 Å². The third kappa shape index (κ3) is 5.32. The van der Waals surface area contributed by atoms with Crippen LogP contribution >= 0.6 is 0 Å². The first kappa shape index (κ1) is 14.0. The van der Waals surface area contributed by atoms with Gasteiger partial charge in [-0.05, 0) is 31.2 Å². The van der Waals surface area contributed by atoms with Gasteiger partial charge in [0.2, 0.25) is 0 Å². The molecule has 1 aromatic carbocycles. The Kier molecular flexibility index (Phi) is 6.30. The number of hydrogen-bond donors (Lipinski definition) is 1. The summed E-state index contributed by atoms with van der Waals surface area (Å²) in [6, 6.07) is 9.17. The fourth-order valence-electron chi connectivity index (χ4n) is 1.29. The van der Waals surface area contributed by atoms with Crippen LogP contribution in [0.2, 0.25) is 0 Å². The van der Waals surface area contributed by atoms with Crippen molar-refractivity contribution in [1.82, 2.24) is 0 Å². The van der Waals surface area contributed by atoms with Crippen LogP contribution in [-0.4, -0.2) is 32.3 Å². The fourth-order valence-corrected chi connectivity index (χ4v) is 1.29. The van der Waals surface area contributed by atoms with E-state index in [2.05, 4.69) is 11.4 Å². The molecule has 96 valence electrons. The molecule has 18 heavy (non-hydrogen) atoms. The number of nitrogens with one attached hydrogen (secondary N) is 1. The molecule has 0 heterocycles. The second kappa shape index (κ2) is 8.09. The Labute approximate surface area is 106 Å². The van der Waals surface area contributed by atoms with Gasteiger partial charge in [0.25, 0.3) is 0 Å². The Morgan fingerprint density at radius 1 is 1.39 bits per heavy atom. The second-order valence-electron chi connectivity index (χ2n) is 3.47. The van der Waals surface area contributed by atoms with Crippen LogP contribution in [0.25, 0.3) is 0 Å². The van der Waals surface area contributed by atoms with E-state index >= 15 is 0 Å². The Balaban J connectivity index is 2.14. The SMILES string of the molecule is CCOC(=O)COCCNc1ccc(C#N)cc1. The maximum atomic E-state index is 10.9. The smallest absolute Gasteiger partial charge is 0.332 e. The zero-order valence-electron chi connectivity index (χ0n) is 10.3. The molecule has 0 amide bonds. The number of hydrogen-bond acceptors (Lipinski definition) is 5. The highest BCUT2D eigenvalue weighted by molar-refractivity contribution is 5.70. The van der Waals surface area contributed by atoms with Gasteiger partial charge in [-0.3, -0.25) is 0 Å². The average molecular weight is 248 g/mol. The van der Waals surface area contributed by atoms with Gasteiger partial charge >= 0.3 is 5.97 Å². The predicted molar refractivity (Wildman–Crippen MR) is 67.1 cm³/mol. The number of carbonyl (C=O) groups excluding carboxylic acids is 1. The molecular weight excluding hydrogens is 232 g/mol. The van der Waals surface area contributed by atoms with Crippen molar-refractivity contribution in [3.8, 4) is 6.07 Å². The molecule has 0 spiro atoms. The number of carbonyl (C=O) groups is 1. The maximum absolute atomic E-state index is 10.9. The molecule has 1 aromatic rings. The molecule has 0 saturated carbocycles. The van der Waals surface area contributed by atoms with E-state index in [4.69, 9.17) is 14.7 Å². The lowest BCUT2D eigenvalue weighted by Gasteiger charge is -2.07. The number of rotatable bonds is 7. The fraction of sp³-hybridized carbons (Fsp3) is 0.385. The molecule has 0 fully saturated rings. The lowest BCUT2D eigenvalue weighted by molar-refractivity contribution is -0.148. The number of nitrogens with zero attached hydrogens (tertiary/aromatic N) is 1. The minimum absolute atomic E-state index is 0.0249. The first-order chi connectivity index (χ1) is 8.76. The van der Waals surface area contributed by atoms with Gasteiger partial charge < -0.3 is 14.8 Å². The van der Waals surface area contributed by atoms with Crippen LogP contribution in [0.3, 0.4) is 0 Å². The molecule has 5 heteroatoms. The molecule has 0 unspecified atom stereocenters. The molecule has 5 nitrogen and oxygen atoms in total. The summed E-state index contributed by atoms with van der Waals surface area (Å²) in [6.07, 6.45) is 0. The van der Waals surface area contributed by atoms with Crippen LogP contribution in [0.15, 0.2) is 24.3 Å². The Bertz CT molecular complexity index is 409. The van der Waals surface area contributed by atoms with Crippen molar-refractivity contribution in [2.75, 3.05) is 31.7 Å². The highest BCUT2D eigenvalue weighted by Gasteiger charge is 2.00. The largest absolute Gasteiger partial charge is 0.464 e. The van der Waals surface area contributed by atoms with Gasteiger partial charge in [-0.25, -0.2) is 4.79 Å². The van der Waals surface area contributed by atoms with Crippen LogP contribution < -0.4 is 5.32 Å². The molecule has 0 radical (unpaired) electrons. The third-order valence-electron chi connectivity index (χ3n) is 2.11. The van der Waals surface area contributed by atoms with E-state index in [0.29, 0.717) is 25.3 Å². The number of nitriles is 1. The molecule has 0 bridgehead atoms. The molecule has 1 rings (SSSR count). The highest BCUT2D eigenvalue weighted by atomic mass is 16.6. The predicted octanol–water partition coefficient (Wildman–Crippen LogP) is 1.55. The molecular formula is C13H16N2O3. The summed E-state index contributed by atoms with van der Waals surface area (Å²) < 4.78 is 9.84. The number of ether oxygens (including phenoxy) is 2. The van der Waals surface area contributed by atoms with Gasteiger partial charge in [0.05, 0.1) is 24.8 Å². The summed E-state index contributed by atoms with van der Waals surface area (Å²) >= 11 is 0. The Morgan fingerprint density at radius 2 is 2.11 bits per heavy atom. The number of benzene rings is 1. The van der Waals surface area contributed by atoms with Gasteiger partial charge in [0.15, 0.2) is 0 Å². The zero-order chi connectivity index (χ0) is 13.2. The first-order valence-corrected chi connectivity index (χ1v) is 5.73. The number of anilines is 1. The highest BCUT2D eigenvalue weighted by Crippen LogP contribution is 2.07. The minimum atomic E-state index is -0.351. The minimum Gasteiger partial charge on any atom is -0.464 e. The summed E-state index contributed by atoms with van der Waals surface area (Å²) in [7, 11) is 0. The topological polar surface area (TPSA) is 71.3 Å². The third-order valence-corrected chi connectivity index (χ3v) is 2.11. The van der Waals surface area contributed by atoms with E-state index in [-0.39, 0.29) is 12.6 Å². The monoisotopic (exact) mass is 248 g/mol. The molecule has 0 aliphatic carbocycles. The van der Waals surface area contributed by atoms with Crippen molar-refractivity contribution in [3.05, 3.63) is 29.8 Å². The quantitative estimate of drug-likeness (QED) is 0.585. The molecule has 0 aromatic heterocycles. The van der Waals surface area contributed by atoms with Crippen molar-refractivity contribution in [1.29, 1.82) is 5.26 Å². The zero-order valence-corrected chi connectivity index (χ0v) is 10.3. The Hall–Kier alpha value is -2.06. The molecule has 0 saturated heterocycles. The van der Waals surface area contributed by atoms with E-state index in [1.165, 1.54) is 0 Å². The second-order valence-corrected chi connectivity index (χ2v) is 3.47. The van der Waals surface area contributed by atoms with Crippen molar-refractivity contribution in [2.24, 2.45) is 0 Å². The van der Waals surface area contributed by atoms with Crippen LogP contribution in [0.5, 0.6) is 0 Å². The molecule has 0 aliphatic heterocycles. The number of esters is 1. The molecule has 0 atom stereocenters. The summed E-state index contributed by atoms with van der Waals surface area (Å²) in [4.78, 5) is 10.9. The van der Waals surface area contributed by atoms with E-state index in [0.717, 1.165) is 5.69 Å². The lowest BCUT2D eigenvalue weighted by atomic mass is 10.2. The molecule has 0 aliphatic rings. The van der Waals surface area contributed by atoms with Crippen LogP contribution in [0.1, 0.15) is 12.5 Å². The van der Waals surface area contributed by atoms with Gasteiger partial charge in [-0.2, -0.15) is 5.26 Å². The van der Waals surface area contributed by atoms with Crippen molar-refractivity contribution in [3.63, 3.8) is 0 Å². The molecule has 1 N–H and O–H groups in total. The van der Waals surface area contributed by atoms with Gasteiger partial charge in [0, 0.05) is 12.2 Å². The summed E-state index contributed by atoms with van der Waals surface area (Å²) in [6.45, 7) is 3.10. The van der Waals surface area contributed by atoms with E-state index in [1.807, 2.05) is 12.1 Å². The van der Waals surface area contributed by atoms with Crippen LogP contribution in [0.4, 0.5) is 5.69 Å². The van der Waals surface area contributed by atoms with E-state index in [1.54, 1.807) is 19.1 Å².